The van der Waals surface area contributed by atoms with E-state index in [2.05, 4.69) is 5.32 Å². The zero-order valence-electron chi connectivity index (χ0n) is 14.0. The number of furan rings is 1. The highest BCUT2D eigenvalue weighted by Crippen LogP contribution is 2.30. The first-order chi connectivity index (χ1) is 12.1. The lowest BCUT2D eigenvalue weighted by atomic mass is 10.1. The average Bonchev–Trinajstić information content (AvgIpc) is 3.21. The summed E-state index contributed by atoms with van der Waals surface area (Å²) in [5.74, 6) is 0.648. The van der Waals surface area contributed by atoms with Gasteiger partial charge in [-0.1, -0.05) is 36.4 Å². The van der Waals surface area contributed by atoms with Gasteiger partial charge in [0.1, 0.15) is 17.2 Å². The smallest absolute Gasteiger partial charge is 0.292 e. The van der Waals surface area contributed by atoms with E-state index in [4.69, 9.17) is 9.40 Å². The second-order valence-electron chi connectivity index (χ2n) is 5.95. The molecule has 0 atom stereocenters. The first-order valence-corrected chi connectivity index (χ1v) is 8.03. The van der Waals surface area contributed by atoms with Crippen LogP contribution in [0, 0.1) is 13.8 Å². The topological polar surface area (TPSA) is 59.5 Å². The number of amides is 1. The molecule has 5 nitrogen and oxygen atoms in total. The van der Waals surface area contributed by atoms with E-state index in [0.717, 1.165) is 28.0 Å². The molecule has 0 saturated heterocycles. The number of imidazole rings is 1. The molecule has 0 aliphatic rings. The normalized spacial score (nSPS) is 11.0. The fourth-order valence-electron chi connectivity index (χ4n) is 2.89. The van der Waals surface area contributed by atoms with Crippen LogP contribution in [0.2, 0.25) is 0 Å². The van der Waals surface area contributed by atoms with Gasteiger partial charge in [-0.2, -0.15) is 0 Å². The monoisotopic (exact) mass is 331 g/mol. The van der Waals surface area contributed by atoms with Crippen LogP contribution in [0.4, 0.5) is 5.82 Å². The van der Waals surface area contributed by atoms with Crippen molar-refractivity contribution in [3.8, 4) is 11.3 Å². The molecule has 0 bridgehead atoms. The molecular formula is C20H17N3O2. The second-order valence-corrected chi connectivity index (χ2v) is 5.95. The van der Waals surface area contributed by atoms with Crippen molar-refractivity contribution in [3.05, 3.63) is 77.9 Å². The molecule has 124 valence electrons. The predicted octanol–water partition coefficient (Wildman–Crippen LogP) is 4.46. The van der Waals surface area contributed by atoms with Crippen LogP contribution >= 0.6 is 0 Å². The Morgan fingerprint density at radius 3 is 2.56 bits per heavy atom. The molecule has 0 radical (unpaired) electrons. The summed E-state index contributed by atoms with van der Waals surface area (Å²) < 4.78 is 7.21. The maximum Gasteiger partial charge on any atom is 0.292 e. The van der Waals surface area contributed by atoms with Crippen LogP contribution in [0.5, 0.6) is 0 Å². The van der Waals surface area contributed by atoms with Crippen LogP contribution in [-0.4, -0.2) is 15.3 Å². The molecule has 0 saturated carbocycles. The number of anilines is 1. The summed E-state index contributed by atoms with van der Waals surface area (Å²) in [5.41, 5.74) is 4.32. The van der Waals surface area contributed by atoms with Gasteiger partial charge < -0.3 is 9.73 Å². The average molecular weight is 331 g/mol. The third-order valence-electron chi connectivity index (χ3n) is 4.19. The Morgan fingerprint density at radius 1 is 1.04 bits per heavy atom. The molecular weight excluding hydrogens is 314 g/mol. The fraction of sp³-hybridized carbons (Fsp3) is 0.100. The molecule has 1 N–H and O–H groups in total. The van der Waals surface area contributed by atoms with Gasteiger partial charge in [-0.15, -0.1) is 0 Å². The van der Waals surface area contributed by atoms with Crippen LogP contribution in [0.15, 0.2) is 65.4 Å². The number of nitrogens with zero attached hydrogens (tertiary/aromatic N) is 2. The lowest BCUT2D eigenvalue weighted by Gasteiger charge is -2.07. The number of hydrogen-bond donors (Lipinski definition) is 1. The van der Waals surface area contributed by atoms with Crippen LogP contribution in [0.1, 0.15) is 21.7 Å². The van der Waals surface area contributed by atoms with E-state index in [9.17, 15) is 4.79 Å². The van der Waals surface area contributed by atoms with Gasteiger partial charge in [0.25, 0.3) is 5.91 Å². The van der Waals surface area contributed by atoms with Crippen molar-refractivity contribution >= 4 is 17.4 Å². The maximum absolute atomic E-state index is 12.7. The molecule has 4 aromatic rings. The van der Waals surface area contributed by atoms with E-state index < -0.39 is 0 Å². The van der Waals surface area contributed by atoms with Gasteiger partial charge in [0.05, 0.1) is 6.26 Å². The molecule has 0 fully saturated rings. The molecule has 4 rings (SSSR count). The number of rotatable bonds is 3. The Labute approximate surface area is 144 Å². The van der Waals surface area contributed by atoms with Crippen LogP contribution < -0.4 is 5.32 Å². The number of nitrogens with one attached hydrogen (secondary N) is 1. The van der Waals surface area contributed by atoms with Crippen LogP contribution in [0.3, 0.4) is 0 Å². The lowest BCUT2D eigenvalue weighted by molar-refractivity contribution is 0.0995. The summed E-state index contributed by atoms with van der Waals surface area (Å²) in [7, 11) is 0. The number of aromatic nitrogens is 2. The van der Waals surface area contributed by atoms with E-state index >= 15 is 0 Å². The van der Waals surface area contributed by atoms with E-state index in [1.165, 1.54) is 6.26 Å². The van der Waals surface area contributed by atoms with Gasteiger partial charge in [0, 0.05) is 17.3 Å². The minimum atomic E-state index is -0.289. The zero-order chi connectivity index (χ0) is 17.4. The van der Waals surface area contributed by atoms with E-state index in [1.807, 2.05) is 66.9 Å². The molecule has 1 amide bonds. The Kier molecular flexibility index (Phi) is 3.61. The molecule has 0 spiro atoms. The highest BCUT2D eigenvalue weighted by atomic mass is 16.3. The molecule has 3 heterocycles. The molecule has 25 heavy (non-hydrogen) atoms. The SMILES string of the molecule is Cc1ccoc1C(=O)Nc1c(-c2ccccc2)nc2c(C)cccn12. The highest BCUT2D eigenvalue weighted by Gasteiger charge is 2.20. The number of pyridine rings is 1. The van der Waals surface area contributed by atoms with Crippen molar-refractivity contribution in [2.45, 2.75) is 13.8 Å². The zero-order valence-corrected chi connectivity index (χ0v) is 14.0. The quantitative estimate of drug-likeness (QED) is 0.603. The Bertz CT molecular complexity index is 1060. The Balaban J connectivity index is 1.88. The van der Waals surface area contributed by atoms with Gasteiger partial charge in [-0.3, -0.25) is 9.20 Å². The summed E-state index contributed by atoms with van der Waals surface area (Å²) >= 11 is 0. The van der Waals surface area contributed by atoms with Gasteiger partial charge in [0.2, 0.25) is 0 Å². The standard InChI is InChI=1S/C20H17N3O2/c1-13-10-12-25-17(13)20(24)22-19-16(15-8-4-3-5-9-15)21-18-14(2)7-6-11-23(18)19/h3-12H,1-2H3,(H,22,24). The first kappa shape index (κ1) is 15.2. The summed E-state index contributed by atoms with van der Waals surface area (Å²) in [6, 6.07) is 15.5. The Morgan fingerprint density at radius 2 is 1.84 bits per heavy atom. The third kappa shape index (κ3) is 2.59. The fourth-order valence-corrected chi connectivity index (χ4v) is 2.89. The van der Waals surface area contributed by atoms with Gasteiger partial charge in [-0.25, -0.2) is 4.98 Å². The number of carbonyl (C=O) groups is 1. The van der Waals surface area contributed by atoms with E-state index in [1.54, 1.807) is 6.07 Å². The largest absolute Gasteiger partial charge is 0.459 e. The van der Waals surface area contributed by atoms with Crippen molar-refractivity contribution in [2.24, 2.45) is 0 Å². The van der Waals surface area contributed by atoms with Crippen molar-refractivity contribution in [2.75, 3.05) is 5.32 Å². The van der Waals surface area contributed by atoms with E-state index in [0.29, 0.717) is 11.6 Å². The van der Waals surface area contributed by atoms with Crippen molar-refractivity contribution in [1.29, 1.82) is 0 Å². The van der Waals surface area contributed by atoms with Crippen molar-refractivity contribution in [3.63, 3.8) is 0 Å². The van der Waals surface area contributed by atoms with Gasteiger partial charge >= 0.3 is 0 Å². The highest BCUT2D eigenvalue weighted by molar-refractivity contribution is 6.04. The molecule has 0 aliphatic heterocycles. The molecule has 0 aliphatic carbocycles. The number of carbonyl (C=O) groups excluding carboxylic acids is 1. The van der Waals surface area contributed by atoms with Crippen molar-refractivity contribution in [1.82, 2.24) is 9.38 Å². The predicted molar refractivity (Wildman–Crippen MR) is 96.8 cm³/mol. The number of aryl methyl sites for hydroxylation is 2. The van der Waals surface area contributed by atoms with E-state index in [-0.39, 0.29) is 5.91 Å². The number of hydrogen-bond acceptors (Lipinski definition) is 3. The lowest BCUT2D eigenvalue weighted by Crippen LogP contribution is -2.14. The van der Waals surface area contributed by atoms with Gasteiger partial charge in [0.15, 0.2) is 5.76 Å². The second kappa shape index (κ2) is 5.94. The Hall–Kier alpha value is -3.34. The van der Waals surface area contributed by atoms with Crippen molar-refractivity contribution < 1.29 is 9.21 Å². The van der Waals surface area contributed by atoms with Crippen LogP contribution in [-0.2, 0) is 0 Å². The molecule has 0 unspecified atom stereocenters. The molecule has 1 aromatic carbocycles. The molecule has 5 heteroatoms. The molecule has 3 aromatic heterocycles. The summed E-state index contributed by atoms with van der Waals surface area (Å²) in [6.45, 7) is 3.84. The minimum Gasteiger partial charge on any atom is -0.459 e. The van der Waals surface area contributed by atoms with Gasteiger partial charge in [-0.05, 0) is 31.5 Å². The summed E-state index contributed by atoms with van der Waals surface area (Å²) in [4.78, 5) is 17.4. The number of benzene rings is 1. The summed E-state index contributed by atoms with van der Waals surface area (Å²) in [6.07, 6.45) is 3.41. The first-order valence-electron chi connectivity index (χ1n) is 8.03. The minimum absolute atomic E-state index is 0.289. The summed E-state index contributed by atoms with van der Waals surface area (Å²) in [5, 5.41) is 2.97. The number of fused-ring (bicyclic) bond motifs is 1. The third-order valence-corrected chi connectivity index (χ3v) is 4.19. The van der Waals surface area contributed by atoms with Crippen LogP contribution in [0.25, 0.3) is 16.9 Å². The maximum atomic E-state index is 12.7.